The minimum absolute atomic E-state index is 0.0231. The normalized spacial score (nSPS) is 9.50. The van der Waals surface area contributed by atoms with Crippen LogP contribution >= 0.6 is 0 Å². The summed E-state index contributed by atoms with van der Waals surface area (Å²) < 4.78 is 0. The van der Waals surface area contributed by atoms with Crippen molar-refractivity contribution < 1.29 is 19.5 Å². The third kappa shape index (κ3) is 5.26. The summed E-state index contributed by atoms with van der Waals surface area (Å²) in [7, 11) is 0. The predicted octanol–water partition coefficient (Wildman–Crippen LogP) is -1.56. The Morgan fingerprint density at radius 3 is 2.50 bits per heavy atom. The summed E-state index contributed by atoms with van der Waals surface area (Å²) in [5.41, 5.74) is 11.7. The van der Waals surface area contributed by atoms with Crippen molar-refractivity contribution in [3.8, 4) is 0 Å². The molecule has 8 heteroatoms. The summed E-state index contributed by atoms with van der Waals surface area (Å²) in [4.78, 5) is 24.3. The molecule has 0 aromatic carbocycles. The van der Waals surface area contributed by atoms with Gasteiger partial charge in [0.2, 0.25) is 0 Å². The van der Waals surface area contributed by atoms with Crippen LogP contribution in [0.25, 0.3) is 0 Å². The third-order valence-corrected chi connectivity index (χ3v) is 0.755. The van der Waals surface area contributed by atoms with E-state index < -0.39 is 12.2 Å². The Hall–Kier alpha value is -1.54. The van der Waals surface area contributed by atoms with E-state index in [-0.39, 0.29) is 13.1 Å². The number of rotatable bonds is 4. The molecule has 0 saturated heterocycles. The molecule has 0 bridgehead atoms. The lowest BCUT2D eigenvalue weighted by Gasteiger charge is -2.17. The number of hydrogen-bond acceptors (Lipinski definition) is 5. The first-order valence-electron chi connectivity index (χ1n) is 3.01. The Morgan fingerprint density at radius 2 is 2.17 bits per heavy atom. The number of nitrogens with one attached hydrogen (secondary N) is 1. The topological polar surface area (TPSA) is 131 Å². The van der Waals surface area contributed by atoms with E-state index in [9.17, 15) is 9.59 Å². The molecule has 0 radical (unpaired) electrons. The highest BCUT2D eigenvalue weighted by atomic mass is 16.8. The van der Waals surface area contributed by atoms with Crippen molar-refractivity contribution in [1.82, 2.24) is 10.6 Å². The number of hydrazine groups is 1. The SMILES string of the molecule is NCCN(NC(N)=O)OC(=O)O. The summed E-state index contributed by atoms with van der Waals surface area (Å²) in [5, 5.41) is 8.76. The second kappa shape index (κ2) is 5.16. The zero-order valence-electron chi connectivity index (χ0n) is 6.19. The molecule has 0 aromatic rings. The molecule has 0 spiro atoms. The highest BCUT2D eigenvalue weighted by Crippen LogP contribution is 1.84. The van der Waals surface area contributed by atoms with Crippen molar-refractivity contribution in [3.63, 3.8) is 0 Å². The first-order valence-corrected chi connectivity index (χ1v) is 3.01. The Bertz CT molecular complexity index is 156. The van der Waals surface area contributed by atoms with Gasteiger partial charge in [-0.3, -0.25) is 0 Å². The molecule has 0 aromatic heterocycles. The number of nitrogens with zero attached hydrogens (tertiary/aromatic N) is 1. The fraction of sp³-hybridized carbons (Fsp3) is 0.500. The van der Waals surface area contributed by atoms with Gasteiger partial charge in [-0.05, 0) is 5.17 Å². The van der Waals surface area contributed by atoms with Gasteiger partial charge >= 0.3 is 12.2 Å². The zero-order valence-corrected chi connectivity index (χ0v) is 6.19. The summed E-state index contributed by atoms with van der Waals surface area (Å²) >= 11 is 0. The number of primary amides is 1. The number of amides is 2. The Morgan fingerprint density at radius 1 is 1.58 bits per heavy atom. The molecule has 0 atom stereocenters. The van der Waals surface area contributed by atoms with Crippen LogP contribution in [0, 0.1) is 0 Å². The number of carboxylic acid groups (broad SMARTS) is 1. The quantitative estimate of drug-likeness (QED) is 0.385. The van der Waals surface area contributed by atoms with E-state index in [1.54, 1.807) is 0 Å². The van der Waals surface area contributed by atoms with Gasteiger partial charge in [-0.1, -0.05) is 0 Å². The number of carbonyl (C=O) groups is 2. The molecule has 0 unspecified atom stereocenters. The number of carbonyl (C=O) groups excluding carboxylic acids is 1. The van der Waals surface area contributed by atoms with Crippen molar-refractivity contribution in [3.05, 3.63) is 0 Å². The van der Waals surface area contributed by atoms with Crippen LogP contribution < -0.4 is 16.9 Å². The number of urea groups is 1. The smallest absolute Gasteiger partial charge is 0.448 e. The van der Waals surface area contributed by atoms with E-state index in [1.165, 1.54) is 0 Å². The van der Waals surface area contributed by atoms with Gasteiger partial charge in [0.1, 0.15) is 0 Å². The first kappa shape index (κ1) is 10.5. The molecular formula is C4H10N4O4. The Balaban J connectivity index is 3.85. The van der Waals surface area contributed by atoms with Crippen LogP contribution in [-0.2, 0) is 4.84 Å². The molecule has 0 fully saturated rings. The van der Waals surface area contributed by atoms with Gasteiger partial charge in [-0.15, -0.1) is 0 Å². The van der Waals surface area contributed by atoms with Crippen molar-refractivity contribution in [1.29, 1.82) is 0 Å². The van der Waals surface area contributed by atoms with Gasteiger partial charge < -0.3 is 21.4 Å². The standard InChI is InChI=1S/C4H10N4O4/c5-1-2-8(7-3(6)9)12-4(10)11/h1-2,5H2,(H,10,11)(H3,6,7,9). The third-order valence-electron chi connectivity index (χ3n) is 0.755. The molecule has 8 nitrogen and oxygen atoms in total. The van der Waals surface area contributed by atoms with Gasteiger partial charge in [-0.25, -0.2) is 15.0 Å². The second-order valence-electron chi connectivity index (χ2n) is 1.72. The largest absolute Gasteiger partial charge is 0.526 e. The molecule has 0 aliphatic rings. The molecule has 2 amide bonds. The van der Waals surface area contributed by atoms with Crippen LogP contribution in [0.5, 0.6) is 0 Å². The van der Waals surface area contributed by atoms with E-state index in [0.29, 0.717) is 5.17 Å². The van der Waals surface area contributed by atoms with Gasteiger partial charge in [0.05, 0.1) is 6.54 Å². The van der Waals surface area contributed by atoms with Crippen LogP contribution in [0.15, 0.2) is 0 Å². The summed E-state index contributed by atoms with van der Waals surface area (Å²) in [6, 6.07) is -0.926. The minimum Gasteiger partial charge on any atom is -0.448 e. The number of nitrogens with two attached hydrogens (primary N) is 2. The van der Waals surface area contributed by atoms with Gasteiger partial charge in [0.25, 0.3) is 0 Å². The van der Waals surface area contributed by atoms with Crippen LogP contribution in [0.2, 0.25) is 0 Å². The van der Waals surface area contributed by atoms with Crippen LogP contribution in [0.3, 0.4) is 0 Å². The fourth-order valence-corrected chi connectivity index (χ4v) is 0.459. The van der Waals surface area contributed by atoms with E-state index in [4.69, 9.17) is 16.6 Å². The molecule has 70 valence electrons. The highest BCUT2D eigenvalue weighted by Gasteiger charge is 2.10. The van der Waals surface area contributed by atoms with Crippen LogP contribution in [-0.4, -0.2) is 35.6 Å². The summed E-state index contributed by atoms with van der Waals surface area (Å²) in [6.07, 6.45) is -1.56. The molecule has 12 heavy (non-hydrogen) atoms. The number of hydrogen-bond donors (Lipinski definition) is 4. The van der Waals surface area contributed by atoms with E-state index in [2.05, 4.69) is 4.84 Å². The second-order valence-corrected chi connectivity index (χ2v) is 1.72. The van der Waals surface area contributed by atoms with Crippen molar-refractivity contribution in [2.45, 2.75) is 0 Å². The monoisotopic (exact) mass is 178 g/mol. The lowest BCUT2D eigenvalue weighted by Crippen LogP contribution is -2.47. The minimum atomic E-state index is -1.56. The lowest BCUT2D eigenvalue weighted by molar-refractivity contribution is -0.142. The lowest BCUT2D eigenvalue weighted by atomic mass is 10.7. The molecule has 0 saturated carbocycles. The molecule has 0 heterocycles. The van der Waals surface area contributed by atoms with Crippen molar-refractivity contribution in [2.75, 3.05) is 13.1 Å². The fourth-order valence-electron chi connectivity index (χ4n) is 0.459. The maximum absolute atomic E-state index is 10.2. The molecule has 0 rings (SSSR count). The molecule has 0 aliphatic heterocycles. The van der Waals surface area contributed by atoms with Crippen LogP contribution in [0.4, 0.5) is 9.59 Å². The van der Waals surface area contributed by atoms with E-state index in [1.807, 2.05) is 5.43 Å². The zero-order chi connectivity index (χ0) is 9.56. The van der Waals surface area contributed by atoms with Gasteiger partial charge in [0, 0.05) is 6.54 Å². The summed E-state index contributed by atoms with van der Waals surface area (Å²) in [5.74, 6) is 0. The molecule has 6 N–H and O–H groups in total. The Kier molecular flexibility index (Phi) is 4.49. The average Bonchev–Trinajstić information content (AvgIpc) is 1.84. The van der Waals surface area contributed by atoms with Gasteiger partial charge in [0.15, 0.2) is 0 Å². The van der Waals surface area contributed by atoms with Crippen molar-refractivity contribution >= 4 is 12.2 Å². The molecular weight excluding hydrogens is 168 g/mol. The van der Waals surface area contributed by atoms with Crippen LogP contribution in [0.1, 0.15) is 0 Å². The number of hydroxylamine groups is 1. The van der Waals surface area contributed by atoms with E-state index in [0.717, 1.165) is 0 Å². The average molecular weight is 178 g/mol. The first-order chi connectivity index (χ1) is 5.56. The van der Waals surface area contributed by atoms with Gasteiger partial charge in [-0.2, -0.15) is 0 Å². The maximum atomic E-state index is 10.2. The Labute approximate surface area is 68.0 Å². The predicted molar refractivity (Wildman–Crippen MR) is 37.6 cm³/mol. The molecule has 0 aliphatic carbocycles. The maximum Gasteiger partial charge on any atom is 0.526 e. The van der Waals surface area contributed by atoms with Crippen molar-refractivity contribution in [2.24, 2.45) is 11.5 Å². The highest BCUT2D eigenvalue weighted by molar-refractivity contribution is 5.71. The summed E-state index contributed by atoms with van der Waals surface area (Å²) in [6.45, 7) is 0.142. The van der Waals surface area contributed by atoms with E-state index >= 15 is 0 Å².